The van der Waals surface area contributed by atoms with Gasteiger partial charge in [0.2, 0.25) is 0 Å². The highest BCUT2D eigenvalue weighted by atomic mass is 16.3. The number of fused-ring (bicyclic) bond motifs is 1. The van der Waals surface area contributed by atoms with Crippen LogP contribution in [0.1, 0.15) is 46.0 Å². The number of aliphatic hydroxyl groups is 1. The standard InChI is InChI=1S/C13H20O2/c1-4-13(15)8-5-7-11(2)10(14)6-9-12(11,13)3/h4,15H,1,5-9H2,2-3H3/t11-,12-,13-/m1/s1. The second-order valence-electron chi connectivity index (χ2n) is 5.57. The molecule has 0 spiro atoms. The fourth-order valence-electron chi connectivity index (χ4n) is 3.65. The Morgan fingerprint density at radius 2 is 2.00 bits per heavy atom. The Kier molecular flexibility index (Phi) is 2.13. The van der Waals surface area contributed by atoms with Gasteiger partial charge in [-0.1, -0.05) is 19.9 Å². The molecule has 3 atom stereocenters. The van der Waals surface area contributed by atoms with Crippen molar-refractivity contribution in [1.82, 2.24) is 0 Å². The van der Waals surface area contributed by atoms with Gasteiger partial charge in [-0.15, -0.1) is 6.58 Å². The minimum Gasteiger partial charge on any atom is -0.385 e. The van der Waals surface area contributed by atoms with Crippen LogP contribution in [0.3, 0.4) is 0 Å². The molecule has 2 rings (SSSR count). The molecule has 2 nitrogen and oxygen atoms in total. The molecule has 84 valence electrons. The number of Topliss-reactive ketones (excluding diaryl/α,β-unsaturated/α-hetero) is 1. The summed E-state index contributed by atoms with van der Waals surface area (Å²) in [5, 5.41) is 10.6. The smallest absolute Gasteiger partial charge is 0.139 e. The van der Waals surface area contributed by atoms with E-state index >= 15 is 0 Å². The summed E-state index contributed by atoms with van der Waals surface area (Å²) in [5.74, 6) is 0.324. The predicted molar refractivity (Wildman–Crippen MR) is 59.5 cm³/mol. The van der Waals surface area contributed by atoms with E-state index < -0.39 is 5.60 Å². The zero-order chi connectivity index (χ0) is 11.3. The molecule has 0 aliphatic heterocycles. The van der Waals surface area contributed by atoms with Gasteiger partial charge in [0, 0.05) is 17.3 Å². The Hall–Kier alpha value is -0.630. The van der Waals surface area contributed by atoms with Crippen LogP contribution in [-0.4, -0.2) is 16.5 Å². The molecular weight excluding hydrogens is 188 g/mol. The molecule has 2 heteroatoms. The van der Waals surface area contributed by atoms with Crippen LogP contribution in [0, 0.1) is 10.8 Å². The van der Waals surface area contributed by atoms with Crippen LogP contribution in [0.15, 0.2) is 12.7 Å². The number of rotatable bonds is 1. The average molecular weight is 208 g/mol. The number of carbonyl (C=O) groups excluding carboxylic acids is 1. The quantitative estimate of drug-likeness (QED) is 0.672. The van der Waals surface area contributed by atoms with Crippen LogP contribution in [0.5, 0.6) is 0 Å². The second kappa shape index (κ2) is 2.94. The lowest BCUT2D eigenvalue weighted by atomic mass is 9.52. The first-order valence-electron chi connectivity index (χ1n) is 5.79. The van der Waals surface area contributed by atoms with E-state index in [-0.39, 0.29) is 10.8 Å². The van der Waals surface area contributed by atoms with Crippen LogP contribution in [0.2, 0.25) is 0 Å². The number of hydrogen-bond acceptors (Lipinski definition) is 2. The maximum absolute atomic E-state index is 12.0. The zero-order valence-electron chi connectivity index (χ0n) is 9.68. The summed E-state index contributed by atoms with van der Waals surface area (Å²) in [4.78, 5) is 12.0. The summed E-state index contributed by atoms with van der Waals surface area (Å²) in [6.07, 6.45) is 5.64. The number of carbonyl (C=O) groups is 1. The van der Waals surface area contributed by atoms with Gasteiger partial charge in [0.05, 0.1) is 5.60 Å². The molecule has 0 heterocycles. The molecular formula is C13H20O2. The zero-order valence-corrected chi connectivity index (χ0v) is 9.68. The molecule has 0 aromatic rings. The van der Waals surface area contributed by atoms with Crippen molar-refractivity contribution in [2.24, 2.45) is 10.8 Å². The van der Waals surface area contributed by atoms with E-state index in [1.807, 2.05) is 6.92 Å². The topological polar surface area (TPSA) is 37.3 Å². The number of hydrogen-bond donors (Lipinski definition) is 1. The minimum atomic E-state index is -0.855. The van der Waals surface area contributed by atoms with Gasteiger partial charge in [0.1, 0.15) is 5.78 Å². The Morgan fingerprint density at radius 3 is 2.60 bits per heavy atom. The van der Waals surface area contributed by atoms with Gasteiger partial charge in [0.15, 0.2) is 0 Å². The molecule has 2 aliphatic rings. The van der Waals surface area contributed by atoms with Crippen molar-refractivity contribution in [2.75, 3.05) is 0 Å². The monoisotopic (exact) mass is 208 g/mol. The fraction of sp³-hybridized carbons (Fsp3) is 0.769. The Morgan fingerprint density at radius 1 is 1.33 bits per heavy atom. The lowest BCUT2D eigenvalue weighted by Gasteiger charge is -2.53. The molecule has 0 saturated heterocycles. The summed E-state index contributed by atoms with van der Waals surface area (Å²) in [6.45, 7) is 7.83. The van der Waals surface area contributed by atoms with E-state index in [1.54, 1.807) is 6.08 Å². The maximum atomic E-state index is 12.0. The van der Waals surface area contributed by atoms with Crippen molar-refractivity contribution in [3.8, 4) is 0 Å². The van der Waals surface area contributed by atoms with E-state index in [1.165, 1.54) is 0 Å². The Balaban J connectivity index is 2.52. The Labute approximate surface area is 91.4 Å². The molecule has 1 N–H and O–H groups in total. The van der Waals surface area contributed by atoms with E-state index in [4.69, 9.17) is 0 Å². The van der Waals surface area contributed by atoms with Crippen molar-refractivity contribution < 1.29 is 9.90 Å². The van der Waals surface area contributed by atoms with Crippen LogP contribution in [0.25, 0.3) is 0 Å². The molecule has 0 radical (unpaired) electrons. The molecule has 2 fully saturated rings. The summed E-state index contributed by atoms with van der Waals surface area (Å²) >= 11 is 0. The summed E-state index contributed by atoms with van der Waals surface area (Å²) in [7, 11) is 0. The molecule has 0 unspecified atom stereocenters. The highest BCUT2D eigenvalue weighted by molar-refractivity contribution is 5.88. The minimum absolute atomic E-state index is 0.308. The predicted octanol–water partition coefficient (Wildman–Crippen LogP) is 2.46. The highest BCUT2D eigenvalue weighted by Gasteiger charge is 2.64. The summed E-state index contributed by atoms with van der Waals surface area (Å²) in [6, 6.07) is 0. The molecule has 0 amide bonds. The highest BCUT2D eigenvalue weighted by Crippen LogP contribution is 2.62. The third-order valence-electron chi connectivity index (χ3n) is 5.21. The maximum Gasteiger partial charge on any atom is 0.139 e. The van der Waals surface area contributed by atoms with Crippen LogP contribution in [0.4, 0.5) is 0 Å². The lowest BCUT2D eigenvalue weighted by molar-refractivity contribution is -0.151. The SMILES string of the molecule is C=C[C@@]1(O)CCC[C@]2(C)C(=O)CC[C@@]12C. The van der Waals surface area contributed by atoms with Gasteiger partial charge in [-0.05, 0) is 25.7 Å². The average Bonchev–Trinajstić information content (AvgIpc) is 2.44. The fourth-order valence-corrected chi connectivity index (χ4v) is 3.65. The largest absolute Gasteiger partial charge is 0.385 e. The van der Waals surface area contributed by atoms with Crippen molar-refractivity contribution in [3.05, 3.63) is 12.7 Å². The second-order valence-corrected chi connectivity index (χ2v) is 5.57. The third kappa shape index (κ3) is 1.06. The van der Waals surface area contributed by atoms with E-state index in [2.05, 4.69) is 13.5 Å². The molecule has 15 heavy (non-hydrogen) atoms. The van der Waals surface area contributed by atoms with E-state index in [0.717, 1.165) is 25.7 Å². The van der Waals surface area contributed by atoms with Gasteiger partial charge in [-0.25, -0.2) is 0 Å². The molecule has 0 aromatic carbocycles. The summed E-state index contributed by atoms with van der Waals surface area (Å²) in [5.41, 5.74) is -1.50. The van der Waals surface area contributed by atoms with Crippen molar-refractivity contribution >= 4 is 5.78 Å². The van der Waals surface area contributed by atoms with E-state index in [9.17, 15) is 9.90 Å². The lowest BCUT2D eigenvalue weighted by Crippen LogP contribution is -2.56. The van der Waals surface area contributed by atoms with Crippen molar-refractivity contribution in [3.63, 3.8) is 0 Å². The first-order chi connectivity index (χ1) is 6.90. The molecule has 2 aliphatic carbocycles. The van der Waals surface area contributed by atoms with Crippen LogP contribution >= 0.6 is 0 Å². The van der Waals surface area contributed by atoms with Gasteiger partial charge >= 0.3 is 0 Å². The van der Waals surface area contributed by atoms with Crippen LogP contribution < -0.4 is 0 Å². The molecule has 2 saturated carbocycles. The van der Waals surface area contributed by atoms with Crippen molar-refractivity contribution in [2.45, 2.75) is 51.6 Å². The normalized spacial score (nSPS) is 50.2. The van der Waals surface area contributed by atoms with Gasteiger partial charge in [-0.2, -0.15) is 0 Å². The van der Waals surface area contributed by atoms with Gasteiger partial charge in [0.25, 0.3) is 0 Å². The molecule has 0 aromatic heterocycles. The summed E-state index contributed by atoms with van der Waals surface area (Å²) < 4.78 is 0. The number of ketones is 1. The first kappa shape index (κ1) is 10.9. The van der Waals surface area contributed by atoms with Crippen molar-refractivity contribution in [1.29, 1.82) is 0 Å². The van der Waals surface area contributed by atoms with Gasteiger partial charge < -0.3 is 5.11 Å². The first-order valence-corrected chi connectivity index (χ1v) is 5.79. The Bertz CT molecular complexity index is 322. The van der Waals surface area contributed by atoms with Crippen LogP contribution in [-0.2, 0) is 4.79 Å². The van der Waals surface area contributed by atoms with E-state index in [0.29, 0.717) is 12.2 Å². The third-order valence-corrected chi connectivity index (χ3v) is 5.21. The van der Waals surface area contributed by atoms with Gasteiger partial charge in [-0.3, -0.25) is 4.79 Å². The molecule has 0 bridgehead atoms.